The fourth-order valence-electron chi connectivity index (χ4n) is 1.46. The molecule has 1 aromatic heterocycles. The minimum Gasteiger partial charge on any atom is -0.357 e. The van der Waals surface area contributed by atoms with Gasteiger partial charge in [0.05, 0.1) is 6.54 Å². The van der Waals surface area contributed by atoms with Crippen LogP contribution in [0, 0.1) is 0 Å². The van der Waals surface area contributed by atoms with Crippen LogP contribution in [0.25, 0.3) is 0 Å². The second-order valence-electron chi connectivity index (χ2n) is 3.73. The summed E-state index contributed by atoms with van der Waals surface area (Å²) in [4.78, 5) is 8.02. The summed E-state index contributed by atoms with van der Waals surface area (Å²) < 4.78 is 0. The number of thiophene rings is 1. The molecular weight excluding hydrogens is 230 g/mol. The lowest BCUT2D eigenvalue weighted by atomic mass is 10.3. The van der Waals surface area contributed by atoms with Crippen molar-refractivity contribution in [3.63, 3.8) is 0 Å². The third-order valence-electron chi connectivity index (χ3n) is 2.34. The monoisotopic (exact) mass is 251 g/mol. The van der Waals surface area contributed by atoms with Crippen molar-refractivity contribution >= 4 is 17.3 Å². The predicted octanol–water partition coefficient (Wildman–Crippen LogP) is 2.37. The number of rotatable bonds is 6. The van der Waals surface area contributed by atoms with Crippen molar-refractivity contribution in [3.05, 3.63) is 35.0 Å². The van der Waals surface area contributed by atoms with Crippen LogP contribution in [0.15, 0.2) is 35.2 Å². The largest absolute Gasteiger partial charge is 0.357 e. The van der Waals surface area contributed by atoms with E-state index in [1.807, 2.05) is 6.08 Å². The van der Waals surface area contributed by atoms with E-state index >= 15 is 0 Å². The van der Waals surface area contributed by atoms with E-state index in [1.165, 1.54) is 4.88 Å². The summed E-state index contributed by atoms with van der Waals surface area (Å²) in [6, 6.07) is 4.27. The highest BCUT2D eigenvalue weighted by Crippen LogP contribution is 2.09. The van der Waals surface area contributed by atoms with E-state index < -0.39 is 0 Å². The molecule has 1 N–H and O–H groups in total. The molecule has 0 aliphatic carbocycles. The second kappa shape index (κ2) is 7.90. The number of likely N-dealkylation sites (N-methyl/N-ethyl adjacent to an activating group) is 1. The Labute approximate surface area is 108 Å². The average molecular weight is 251 g/mol. The standard InChI is InChI=1S/C13H21N3S/c1-4-9-15-13(14-5-2)16(3)10-8-12-7-6-11-17-12/h4,6-7,11H,1,5,8-10H2,2-3H3,(H,14,15). The van der Waals surface area contributed by atoms with Gasteiger partial charge < -0.3 is 10.2 Å². The maximum atomic E-state index is 4.45. The zero-order valence-electron chi connectivity index (χ0n) is 10.6. The molecule has 3 nitrogen and oxygen atoms in total. The summed E-state index contributed by atoms with van der Waals surface area (Å²) in [7, 11) is 2.07. The molecule has 0 fully saturated rings. The van der Waals surface area contributed by atoms with E-state index in [1.54, 1.807) is 11.3 Å². The highest BCUT2D eigenvalue weighted by Gasteiger charge is 2.05. The predicted molar refractivity (Wildman–Crippen MR) is 76.8 cm³/mol. The van der Waals surface area contributed by atoms with Crippen molar-refractivity contribution in [2.75, 3.05) is 26.7 Å². The van der Waals surface area contributed by atoms with Crippen LogP contribution in [0.1, 0.15) is 11.8 Å². The Morgan fingerprint density at radius 1 is 1.65 bits per heavy atom. The highest BCUT2D eigenvalue weighted by atomic mass is 32.1. The number of hydrogen-bond acceptors (Lipinski definition) is 2. The Morgan fingerprint density at radius 3 is 3.06 bits per heavy atom. The van der Waals surface area contributed by atoms with E-state index in [9.17, 15) is 0 Å². The van der Waals surface area contributed by atoms with Gasteiger partial charge in [0.25, 0.3) is 0 Å². The SMILES string of the molecule is C=CCN=C(NCC)N(C)CCc1cccs1. The van der Waals surface area contributed by atoms with Crippen LogP contribution in [0.4, 0.5) is 0 Å². The van der Waals surface area contributed by atoms with Crippen molar-refractivity contribution in [1.82, 2.24) is 10.2 Å². The van der Waals surface area contributed by atoms with Crippen molar-refractivity contribution in [2.45, 2.75) is 13.3 Å². The smallest absolute Gasteiger partial charge is 0.193 e. The van der Waals surface area contributed by atoms with Gasteiger partial charge in [-0.3, -0.25) is 0 Å². The number of nitrogens with zero attached hydrogens (tertiary/aromatic N) is 2. The van der Waals surface area contributed by atoms with E-state index in [0.717, 1.165) is 25.5 Å². The summed E-state index contributed by atoms with van der Waals surface area (Å²) >= 11 is 1.80. The van der Waals surface area contributed by atoms with Gasteiger partial charge in [0.15, 0.2) is 5.96 Å². The quantitative estimate of drug-likeness (QED) is 0.477. The molecule has 0 aliphatic heterocycles. The maximum absolute atomic E-state index is 4.45. The van der Waals surface area contributed by atoms with Crippen molar-refractivity contribution < 1.29 is 0 Å². The fourth-order valence-corrected chi connectivity index (χ4v) is 2.16. The minimum absolute atomic E-state index is 0.658. The zero-order valence-corrected chi connectivity index (χ0v) is 11.5. The van der Waals surface area contributed by atoms with Crippen LogP contribution in [0.2, 0.25) is 0 Å². The molecule has 1 rings (SSSR count). The van der Waals surface area contributed by atoms with Crippen LogP contribution in [0.3, 0.4) is 0 Å². The van der Waals surface area contributed by atoms with Crippen molar-refractivity contribution in [2.24, 2.45) is 4.99 Å². The lowest BCUT2D eigenvalue weighted by molar-refractivity contribution is 0.488. The maximum Gasteiger partial charge on any atom is 0.193 e. The lowest BCUT2D eigenvalue weighted by Gasteiger charge is -2.21. The van der Waals surface area contributed by atoms with Crippen molar-refractivity contribution in [3.8, 4) is 0 Å². The van der Waals surface area contributed by atoms with E-state index in [-0.39, 0.29) is 0 Å². The Kier molecular flexibility index (Phi) is 6.40. The molecule has 0 saturated carbocycles. The summed E-state index contributed by atoms with van der Waals surface area (Å²) in [5.74, 6) is 0.948. The van der Waals surface area contributed by atoms with Crippen LogP contribution in [0.5, 0.6) is 0 Å². The van der Waals surface area contributed by atoms with Gasteiger partial charge in [-0.25, -0.2) is 4.99 Å². The average Bonchev–Trinajstić information content (AvgIpc) is 2.84. The van der Waals surface area contributed by atoms with Crippen LogP contribution in [-0.2, 0) is 6.42 Å². The first kappa shape index (κ1) is 13.8. The first-order chi connectivity index (χ1) is 8.27. The Hall–Kier alpha value is -1.29. The zero-order chi connectivity index (χ0) is 12.5. The van der Waals surface area contributed by atoms with Crippen molar-refractivity contribution in [1.29, 1.82) is 0 Å². The van der Waals surface area contributed by atoms with E-state index in [0.29, 0.717) is 6.54 Å². The van der Waals surface area contributed by atoms with E-state index in [2.05, 4.69) is 53.3 Å². The lowest BCUT2D eigenvalue weighted by Crippen LogP contribution is -2.39. The van der Waals surface area contributed by atoms with Gasteiger partial charge in [-0.15, -0.1) is 17.9 Å². The molecule has 17 heavy (non-hydrogen) atoms. The molecule has 94 valence electrons. The molecule has 1 heterocycles. The summed E-state index contributed by atoms with van der Waals surface area (Å²) in [5, 5.41) is 5.40. The highest BCUT2D eigenvalue weighted by molar-refractivity contribution is 7.09. The number of guanidine groups is 1. The molecule has 0 radical (unpaired) electrons. The van der Waals surface area contributed by atoms with Gasteiger partial charge >= 0.3 is 0 Å². The van der Waals surface area contributed by atoms with Crippen LogP contribution in [-0.4, -0.2) is 37.5 Å². The third-order valence-corrected chi connectivity index (χ3v) is 3.28. The van der Waals surface area contributed by atoms with Gasteiger partial charge in [-0.05, 0) is 24.8 Å². The molecule has 0 aliphatic rings. The fraction of sp³-hybridized carbons (Fsp3) is 0.462. The molecule has 0 spiro atoms. The normalized spacial score (nSPS) is 11.3. The number of hydrogen-bond donors (Lipinski definition) is 1. The van der Waals surface area contributed by atoms with Crippen LogP contribution >= 0.6 is 11.3 Å². The second-order valence-corrected chi connectivity index (χ2v) is 4.77. The third kappa shape index (κ3) is 5.04. The Balaban J connectivity index is 2.46. The topological polar surface area (TPSA) is 27.6 Å². The van der Waals surface area contributed by atoms with Gasteiger partial charge in [-0.2, -0.15) is 0 Å². The van der Waals surface area contributed by atoms with Gasteiger partial charge in [0, 0.05) is 25.0 Å². The van der Waals surface area contributed by atoms with Crippen LogP contribution < -0.4 is 5.32 Å². The molecule has 0 saturated heterocycles. The first-order valence-corrected chi connectivity index (χ1v) is 6.78. The molecule has 0 aromatic carbocycles. The van der Waals surface area contributed by atoms with E-state index in [4.69, 9.17) is 0 Å². The molecule has 4 heteroatoms. The molecule has 0 amide bonds. The summed E-state index contributed by atoms with van der Waals surface area (Å²) in [5.41, 5.74) is 0. The van der Waals surface area contributed by atoms with Gasteiger partial charge in [0.1, 0.15) is 0 Å². The molecule has 0 atom stereocenters. The minimum atomic E-state index is 0.658. The first-order valence-electron chi connectivity index (χ1n) is 5.90. The molecular formula is C13H21N3S. The summed E-state index contributed by atoms with van der Waals surface area (Å²) in [6.07, 6.45) is 2.87. The molecule has 1 aromatic rings. The number of nitrogens with one attached hydrogen (secondary N) is 1. The molecule has 0 unspecified atom stereocenters. The Morgan fingerprint density at radius 2 is 2.47 bits per heavy atom. The molecule has 0 bridgehead atoms. The Bertz CT molecular complexity index is 344. The summed E-state index contributed by atoms with van der Waals surface area (Å²) in [6.45, 7) is 8.29. The van der Waals surface area contributed by atoms with Gasteiger partial charge in [-0.1, -0.05) is 12.1 Å². The van der Waals surface area contributed by atoms with Gasteiger partial charge in [0.2, 0.25) is 0 Å². The number of aliphatic imine (C=N–C) groups is 1.